The zero-order valence-corrected chi connectivity index (χ0v) is 20.4. The number of carbonyl (C=O) groups excluding carboxylic acids is 1. The first-order valence-electron chi connectivity index (χ1n) is 9.76. The molecule has 2 heterocycles. The molecule has 9 heteroatoms. The highest BCUT2D eigenvalue weighted by Gasteiger charge is 2.42. The van der Waals surface area contributed by atoms with E-state index in [1.807, 2.05) is 38.5 Å². The summed E-state index contributed by atoms with van der Waals surface area (Å²) >= 11 is 1.60. The normalized spacial score (nSPS) is 15.6. The summed E-state index contributed by atoms with van der Waals surface area (Å²) in [6.07, 6.45) is 5.68. The number of aliphatic imine (C=N–C) groups is 1. The lowest BCUT2D eigenvalue weighted by Crippen LogP contribution is -2.49. The molecule has 0 saturated heterocycles. The Balaban J connectivity index is 0.00000300. The number of halogens is 1. The average molecular weight is 531 g/mol. The van der Waals surface area contributed by atoms with Crippen LogP contribution < -0.4 is 10.6 Å². The number of nitrogens with one attached hydrogen (secondary N) is 2. The second-order valence-corrected chi connectivity index (χ2v) is 8.30. The van der Waals surface area contributed by atoms with Crippen LogP contribution >= 0.6 is 35.3 Å². The average Bonchev–Trinajstić information content (AvgIpc) is 3.45. The Morgan fingerprint density at radius 2 is 2.10 bits per heavy atom. The van der Waals surface area contributed by atoms with Crippen LogP contribution in [-0.2, 0) is 11.3 Å². The van der Waals surface area contributed by atoms with Crippen LogP contribution in [0.5, 0.6) is 0 Å². The molecule has 3 rings (SSSR count). The molecule has 1 amide bonds. The number of aromatic nitrogens is 1. The van der Waals surface area contributed by atoms with Gasteiger partial charge < -0.3 is 20.0 Å². The highest BCUT2D eigenvalue weighted by atomic mass is 127. The zero-order chi connectivity index (χ0) is 20.0. The van der Waals surface area contributed by atoms with E-state index >= 15 is 0 Å². The van der Waals surface area contributed by atoms with Gasteiger partial charge in [0.25, 0.3) is 0 Å². The molecule has 1 fully saturated rings. The van der Waals surface area contributed by atoms with E-state index in [0.29, 0.717) is 24.9 Å². The molecular weight excluding hydrogens is 501 g/mol. The Bertz CT molecular complexity index is 798. The number of guanidine groups is 1. The van der Waals surface area contributed by atoms with Crippen molar-refractivity contribution in [2.45, 2.75) is 39.2 Å². The lowest BCUT2D eigenvalue weighted by atomic mass is 9.84. The van der Waals surface area contributed by atoms with E-state index in [4.69, 9.17) is 4.42 Å². The predicted octanol–water partition coefficient (Wildman–Crippen LogP) is 3.72. The van der Waals surface area contributed by atoms with Crippen LogP contribution in [-0.4, -0.2) is 48.9 Å². The Labute approximate surface area is 193 Å². The van der Waals surface area contributed by atoms with E-state index in [1.165, 1.54) is 0 Å². The van der Waals surface area contributed by atoms with Gasteiger partial charge in [-0.05, 0) is 31.2 Å². The summed E-state index contributed by atoms with van der Waals surface area (Å²) in [6.45, 7) is 3.78. The minimum atomic E-state index is -0.333. The van der Waals surface area contributed by atoms with Gasteiger partial charge in [0.1, 0.15) is 12.0 Å². The van der Waals surface area contributed by atoms with Gasteiger partial charge in [-0.3, -0.25) is 4.79 Å². The summed E-state index contributed by atoms with van der Waals surface area (Å²) in [4.78, 5) is 24.6. The van der Waals surface area contributed by atoms with Gasteiger partial charge >= 0.3 is 0 Å². The number of thiophene rings is 1. The fourth-order valence-electron chi connectivity index (χ4n) is 3.64. The molecule has 1 saturated carbocycles. The number of amides is 1. The maximum atomic E-state index is 12.7. The zero-order valence-electron chi connectivity index (χ0n) is 17.2. The maximum absolute atomic E-state index is 12.7. The van der Waals surface area contributed by atoms with E-state index < -0.39 is 0 Å². The largest absolute Gasteiger partial charge is 0.443 e. The number of hydrogen-bond donors (Lipinski definition) is 2. The Kier molecular flexibility index (Phi) is 8.94. The number of hydrogen-bond acceptors (Lipinski definition) is 5. The molecule has 1 aliphatic rings. The van der Waals surface area contributed by atoms with Gasteiger partial charge in [0.2, 0.25) is 11.8 Å². The Morgan fingerprint density at radius 1 is 1.34 bits per heavy atom. The second kappa shape index (κ2) is 11.0. The molecule has 160 valence electrons. The summed E-state index contributed by atoms with van der Waals surface area (Å²) in [5, 5.41) is 8.63. The second-order valence-electron chi connectivity index (χ2n) is 7.36. The van der Waals surface area contributed by atoms with Crippen molar-refractivity contribution in [3.05, 3.63) is 29.5 Å². The summed E-state index contributed by atoms with van der Waals surface area (Å²) < 4.78 is 5.56. The molecule has 2 aromatic heterocycles. The van der Waals surface area contributed by atoms with E-state index in [1.54, 1.807) is 22.5 Å². The molecule has 2 aromatic rings. The van der Waals surface area contributed by atoms with Gasteiger partial charge in [-0.1, -0.05) is 18.9 Å². The van der Waals surface area contributed by atoms with Crippen molar-refractivity contribution in [2.75, 3.05) is 27.2 Å². The van der Waals surface area contributed by atoms with Crippen molar-refractivity contribution in [2.24, 2.45) is 10.4 Å². The van der Waals surface area contributed by atoms with Crippen LogP contribution in [0, 0.1) is 5.41 Å². The van der Waals surface area contributed by atoms with Crippen molar-refractivity contribution in [3.8, 4) is 10.8 Å². The number of nitrogens with zero attached hydrogens (tertiary/aromatic N) is 3. The van der Waals surface area contributed by atoms with Gasteiger partial charge in [0, 0.05) is 27.2 Å². The van der Waals surface area contributed by atoms with Crippen molar-refractivity contribution >= 4 is 47.2 Å². The summed E-state index contributed by atoms with van der Waals surface area (Å²) in [7, 11) is 3.66. The topological polar surface area (TPSA) is 82.8 Å². The first-order valence-corrected chi connectivity index (χ1v) is 10.6. The van der Waals surface area contributed by atoms with Crippen molar-refractivity contribution < 1.29 is 9.21 Å². The molecule has 0 aromatic carbocycles. The minimum absolute atomic E-state index is 0. The van der Waals surface area contributed by atoms with E-state index in [-0.39, 0.29) is 35.3 Å². The third kappa shape index (κ3) is 5.94. The third-order valence-electron chi connectivity index (χ3n) is 5.04. The third-order valence-corrected chi connectivity index (χ3v) is 5.90. The molecule has 0 unspecified atom stereocenters. The SMILES string of the molecule is CCNC(=NCc1coc(-c2cccs2)n1)NCC1(C(=O)N(C)C)CCCC1.I. The van der Waals surface area contributed by atoms with Crippen molar-refractivity contribution in [1.82, 2.24) is 20.5 Å². The highest BCUT2D eigenvalue weighted by molar-refractivity contribution is 14.0. The van der Waals surface area contributed by atoms with Crippen molar-refractivity contribution in [1.29, 1.82) is 0 Å². The van der Waals surface area contributed by atoms with Crippen LogP contribution in [0.25, 0.3) is 10.8 Å². The molecule has 2 N–H and O–H groups in total. The van der Waals surface area contributed by atoms with Gasteiger partial charge in [-0.15, -0.1) is 35.3 Å². The predicted molar refractivity (Wildman–Crippen MR) is 128 cm³/mol. The monoisotopic (exact) mass is 531 g/mol. The molecule has 0 atom stereocenters. The first kappa shape index (κ1) is 23.7. The summed E-state index contributed by atoms with van der Waals surface area (Å²) in [6, 6.07) is 3.96. The maximum Gasteiger partial charge on any atom is 0.236 e. The molecule has 0 bridgehead atoms. The van der Waals surface area contributed by atoms with Crippen LogP contribution in [0.2, 0.25) is 0 Å². The van der Waals surface area contributed by atoms with E-state index in [0.717, 1.165) is 42.8 Å². The number of rotatable bonds is 7. The van der Waals surface area contributed by atoms with Crippen LogP contribution in [0.4, 0.5) is 0 Å². The molecule has 7 nitrogen and oxygen atoms in total. The van der Waals surface area contributed by atoms with Crippen LogP contribution in [0.1, 0.15) is 38.3 Å². The van der Waals surface area contributed by atoms with Gasteiger partial charge in [0.05, 0.1) is 16.8 Å². The Morgan fingerprint density at radius 3 is 2.72 bits per heavy atom. The lowest BCUT2D eigenvalue weighted by Gasteiger charge is -2.31. The standard InChI is InChI=1S/C20H29N5O2S.HI/c1-4-21-19(23-14-20(9-5-6-10-20)18(26)25(2)3)22-12-15-13-27-17(24-15)16-8-7-11-28-16;/h7-8,11,13H,4-6,9-10,12,14H2,1-3H3,(H2,21,22,23);1H. The fraction of sp³-hybridized carbons (Fsp3) is 0.550. The van der Waals surface area contributed by atoms with Crippen LogP contribution in [0.3, 0.4) is 0 Å². The van der Waals surface area contributed by atoms with E-state index in [9.17, 15) is 4.79 Å². The molecule has 0 spiro atoms. The lowest BCUT2D eigenvalue weighted by molar-refractivity contribution is -0.138. The van der Waals surface area contributed by atoms with Gasteiger partial charge in [-0.25, -0.2) is 9.98 Å². The van der Waals surface area contributed by atoms with Gasteiger partial charge in [-0.2, -0.15) is 0 Å². The van der Waals surface area contributed by atoms with E-state index in [2.05, 4.69) is 20.6 Å². The van der Waals surface area contributed by atoms with Crippen LogP contribution in [0.15, 0.2) is 33.2 Å². The molecule has 0 aliphatic heterocycles. The van der Waals surface area contributed by atoms with Gasteiger partial charge in [0.15, 0.2) is 5.96 Å². The molecule has 1 aliphatic carbocycles. The highest BCUT2D eigenvalue weighted by Crippen LogP contribution is 2.38. The first-order chi connectivity index (χ1) is 13.5. The summed E-state index contributed by atoms with van der Waals surface area (Å²) in [5.74, 6) is 1.52. The Hall–Kier alpha value is -1.62. The smallest absolute Gasteiger partial charge is 0.236 e. The molecular formula is C20H30IN5O2S. The minimum Gasteiger partial charge on any atom is -0.443 e. The number of oxazole rings is 1. The van der Waals surface area contributed by atoms with Crippen molar-refractivity contribution in [3.63, 3.8) is 0 Å². The fourth-order valence-corrected chi connectivity index (χ4v) is 4.30. The number of carbonyl (C=O) groups is 1. The molecule has 0 radical (unpaired) electrons. The molecule has 29 heavy (non-hydrogen) atoms. The quantitative estimate of drug-likeness (QED) is 0.323. The summed E-state index contributed by atoms with van der Waals surface area (Å²) in [5.41, 5.74) is 0.445.